The van der Waals surface area contributed by atoms with E-state index >= 15 is 4.39 Å². The smallest absolute Gasteiger partial charge is 0.282 e. The van der Waals surface area contributed by atoms with Crippen molar-refractivity contribution < 1.29 is 18.3 Å². The Balaban J connectivity index is 1.27. The molecule has 4 aromatic heterocycles. The van der Waals surface area contributed by atoms with Crippen LogP contribution in [0.2, 0.25) is 0 Å². The Hall–Kier alpha value is -5.45. The largest absolute Gasteiger partial charge is 0.452 e. The Morgan fingerprint density at radius 1 is 0.976 bits per heavy atom. The molecule has 0 amide bonds. The maximum atomic E-state index is 15.2. The number of halogens is 2. The van der Waals surface area contributed by atoms with E-state index in [4.69, 9.17) is 4.74 Å². The van der Waals surface area contributed by atoms with Crippen LogP contribution in [-0.2, 0) is 13.5 Å². The molecule has 6 aromatic rings. The van der Waals surface area contributed by atoms with Crippen molar-refractivity contribution in [2.24, 2.45) is 7.05 Å². The Kier molecular flexibility index (Phi) is 6.46. The van der Waals surface area contributed by atoms with E-state index in [0.717, 1.165) is 0 Å². The molecule has 0 aliphatic heterocycles. The van der Waals surface area contributed by atoms with E-state index < -0.39 is 23.0 Å². The summed E-state index contributed by atoms with van der Waals surface area (Å²) in [6, 6.07) is 13.1. The van der Waals surface area contributed by atoms with Crippen LogP contribution in [0.25, 0.3) is 22.5 Å². The molecule has 4 heterocycles. The zero-order valence-corrected chi connectivity index (χ0v) is 22.0. The molecule has 6 rings (SSSR count). The van der Waals surface area contributed by atoms with Gasteiger partial charge in [-0.05, 0) is 55.0 Å². The highest BCUT2D eigenvalue weighted by molar-refractivity contribution is 5.98. The average molecular weight is 553 g/mol. The molecular formula is C30H22F2N6O3. The number of rotatable bonds is 7. The van der Waals surface area contributed by atoms with Crippen molar-refractivity contribution >= 4 is 11.3 Å². The molecule has 0 saturated carbocycles. The molecule has 11 heteroatoms. The Morgan fingerprint density at radius 2 is 1.78 bits per heavy atom. The van der Waals surface area contributed by atoms with Gasteiger partial charge in [0.1, 0.15) is 16.9 Å². The lowest BCUT2D eigenvalue weighted by atomic mass is 10.0. The molecule has 0 fully saturated rings. The van der Waals surface area contributed by atoms with Gasteiger partial charge in [0.2, 0.25) is 0 Å². The number of fused-ring (bicyclic) bond motifs is 1. The fourth-order valence-electron chi connectivity index (χ4n) is 4.77. The summed E-state index contributed by atoms with van der Waals surface area (Å²) in [6.45, 7) is 1.65. The van der Waals surface area contributed by atoms with E-state index in [1.165, 1.54) is 52.0 Å². The number of ketones is 1. The van der Waals surface area contributed by atoms with Crippen LogP contribution in [0.5, 0.6) is 11.5 Å². The van der Waals surface area contributed by atoms with Gasteiger partial charge in [0, 0.05) is 49.4 Å². The minimum absolute atomic E-state index is 0.0125. The standard InChI is InChI=1S/C30H22F2N6O3/c1-18-28(30(40)38(36(18)2)21-6-4-20(31)5-7-21)25(39)16-19-3-8-26(23(32)15-19)41-27-9-11-35-37-14-10-22(29(27)37)24-17-33-12-13-34-24/h3-15,17H,16H2,1-2H3. The summed E-state index contributed by atoms with van der Waals surface area (Å²) in [5.41, 5.74) is 2.60. The second-order valence-electron chi connectivity index (χ2n) is 9.35. The van der Waals surface area contributed by atoms with E-state index in [-0.39, 0.29) is 17.7 Å². The number of benzene rings is 2. The lowest BCUT2D eigenvalue weighted by molar-refractivity contribution is 0.0991. The molecule has 9 nitrogen and oxygen atoms in total. The van der Waals surface area contributed by atoms with E-state index in [0.29, 0.717) is 39.5 Å². The monoisotopic (exact) mass is 552 g/mol. The van der Waals surface area contributed by atoms with Gasteiger partial charge in [0.25, 0.3) is 5.56 Å². The van der Waals surface area contributed by atoms with Crippen molar-refractivity contribution in [1.29, 1.82) is 0 Å². The van der Waals surface area contributed by atoms with Crippen molar-refractivity contribution in [2.45, 2.75) is 13.3 Å². The molecule has 41 heavy (non-hydrogen) atoms. The Morgan fingerprint density at radius 3 is 2.51 bits per heavy atom. The zero-order chi connectivity index (χ0) is 28.7. The summed E-state index contributed by atoms with van der Waals surface area (Å²) in [5.74, 6) is -1.27. The number of nitrogens with zero attached hydrogens (tertiary/aromatic N) is 6. The molecule has 0 aliphatic carbocycles. The summed E-state index contributed by atoms with van der Waals surface area (Å²) in [4.78, 5) is 34.9. The second kappa shape index (κ2) is 10.3. The number of aromatic nitrogens is 6. The van der Waals surface area contributed by atoms with Gasteiger partial charge in [-0.25, -0.2) is 18.0 Å². The number of hydrogen-bond acceptors (Lipinski definition) is 6. The highest BCUT2D eigenvalue weighted by Gasteiger charge is 2.23. The summed E-state index contributed by atoms with van der Waals surface area (Å²) < 4.78 is 39.0. The minimum atomic E-state index is -0.675. The van der Waals surface area contributed by atoms with Gasteiger partial charge in [-0.15, -0.1) is 0 Å². The Bertz CT molecular complexity index is 1980. The third-order valence-corrected chi connectivity index (χ3v) is 6.84. The molecule has 204 valence electrons. The molecule has 0 bridgehead atoms. The minimum Gasteiger partial charge on any atom is -0.452 e. The number of Topliss-reactive ketones (excluding diaryl/α,β-unsaturated/α-hetero) is 1. The van der Waals surface area contributed by atoms with Gasteiger partial charge in [0.05, 0.1) is 23.8 Å². The first-order chi connectivity index (χ1) is 19.8. The SMILES string of the molecule is Cc1c(C(=O)Cc2ccc(Oc3ccnn4ccc(-c5cnccn5)c34)c(F)c2)c(=O)n(-c2ccc(F)cc2)n1C. The normalized spacial score (nSPS) is 11.2. The van der Waals surface area contributed by atoms with Crippen LogP contribution in [0.1, 0.15) is 21.6 Å². The van der Waals surface area contributed by atoms with E-state index in [1.54, 1.807) is 55.4 Å². The van der Waals surface area contributed by atoms with Crippen LogP contribution < -0.4 is 10.3 Å². The first-order valence-corrected chi connectivity index (χ1v) is 12.6. The van der Waals surface area contributed by atoms with Crippen LogP contribution in [-0.4, -0.2) is 34.7 Å². The number of hydrogen-bond donors (Lipinski definition) is 0. The van der Waals surface area contributed by atoms with Crippen LogP contribution in [0.3, 0.4) is 0 Å². The third kappa shape index (κ3) is 4.67. The lowest BCUT2D eigenvalue weighted by Gasteiger charge is -2.11. The van der Waals surface area contributed by atoms with Gasteiger partial charge in [-0.1, -0.05) is 6.07 Å². The summed E-state index contributed by atoms with van der Waals surface area (Å²) in [7, 11) is 1.64. The van der Waals surface area contributed by atoms with E-state index in [2.05, 4.69) is 15.1 Å². The predicted octanol–water partition coefficient (Wildman–Crippen LogP) is 5.09. The highest BCUT2D eigenvalue weighted by Crippen LogP contribution is 2.34. The number of ether oxygens (including phenoxy) is 1. The van der Waals surface area contributed by atoms with Crippen molar-refractivity contribution in [3.8, 4) is 28.4 Å². The molecule has 0 unspecified atom stereocenters. The first-order valence-electron chi connectivity index (χ1n) is 12.6. The summed E-state index contributed by atoms with van der Waals surface area (Å²) >= 11 is 0. The highest BCUT2D eigenvalue weighted by atomic mass is 19.1. The molecule has 0 atom stereocenters. The maximum absolute atomic E-state index is 15.2. The number of carbonyl (C=O) groups excluding carboxylic acids is 1. The first kappa shape index (κ1) is 25.8. The van der Waals surface area contributed by atoms with Crippen molar-refractivity contribution in [1.82, 2.24) is 28.9 Å². The third-order valence-electron chi connectivity index (χ3n) is 6.84. The fourth-order valence-corrected chi connectivity index (χ4v) is 4.77. The predicted molar refractivity (Wildman–Crippen MR) is 146 cm³/mol. The Labute approximate surface area is 231 Å². The quantitative estimate of drug-likeness (QED) is 0.256. The summed E-state index contributed by atoms with van der Waals surface area (Å²) in [5, 5.41) is 4.28. The molecule has 0 saturated heterocycles. The summed E-state index contributed by atoms with van der Waals surface area (Å²) in [6.07, 6.45) is 7.84. The van der Waals surface area contributed by atoms with Crippen LogP contribution >= 0.6 is 0 Å². The van der Waals surface area contributed by atoms with Crippen LogP contribution in [0, 0.1) is 18.6 Å². The fraction of sp³-hybridized carbons (Fsp3) is 0.100. The average Bonchev–Trinajstić information content (AvgIpc) is 3.50. The zero-order valence-electron chi connectivity index (χ0n) is 22.0. The molecule has 0 radical (unpaired) electrons. The number of carbonyl (C=O) groups is 1. The van der Waals surface area contributed by atoms with Gasteiger partial charge in [-0.2, -0.15) is 5.10 Å². The van der Waals surface area contributed by atoms with Gasteiger partial charge in [0.15, 0.2) is 23.1 Å². The maximum Gasteiger partial charge on any atom is 0.282 e. The van der Waals surface area contributed by atoms with Gasteiger partial charge >= 0.3 is 0 Å². The molecule has 0 N–H and O–H groups in total. The molecule has 0 spiro atoms. The molecule has 2 aromatic carbocycles. The van der Waals surface area contributed by atoms with Crippen LogP contribution in [0.4, 0.5) is 8.78 Å². The topological polar surface area (TPSA) is 96.3 Å². The lowest BCUT2D eigenvalue weighted by Crippen LogP contribution is -2.23. The van der Waals surface area contributed by atoms with Crippen molar-refractivity contribution in [3.05, 3.63) is 124 Å². The van der Waals surface area contributed by atoms with E-state index in [9.17, 15) is 14.0 Å². The van der Waals surface area contributed by atoms with E-state index in [1.807, 2.05) is 6.07 Å². The second-order valence-corrected chi connectivity index (χ2v) is 9.35. The van der Waals surface area contributed by atoms with Crippen molar-refractivity contribution in [2.75, 3.05) is 0 Å². The van der Waals surface area contributed by atoms with Gasteiger partial charge in [-0.3, -0.25) is 24.2 Å². The molecular weight excluding hydrogens is 530 g/mol. The van der Waals surface area contributed by atoms with Crippen molar-refractivity contribution in [3.63, 3.8) is 0 Å². The van der Waals surface area contributed by atoms with Crippen LogP contribution in [0.15, 0.2) is 90.4 Å². The molecule has 0 aliphatic rings. The van der Waals surface area contributed by atoms with Gasteiger partial charge < -0.3 is 4.74 Å².